The Morgan fingerprint density at radius 1 is 1.17 bits per heavy atom. The molecular formula is C17H22ClN5O. The van der Waals surface area contributed by atoms with E-state index in [0.29, 0.717) is 17.3 Å². The van der Waals surface area contributed by atoms with Crippen molar-refractivity contribution in [2.24, 2.45) is 0 Å². The van der Waals surface area contributed by atoms with Crippen LogP contribution in [0.4, 0.5) is 11.6 Å². The second-order valence-corrected chi connectivity index (χ2v) is 6.26. The SMILES string of the molecule is COc1c(Cl)cccc1NCc1cnc(N2CCN(C)CC2)nc1. The number of ether oxygens (including phenoxy) is 1. The summed E-state index contributed by atoms with van der Waals surface area (Å²) in [6.45, 7) is 4.63. The number of methoxy groups -OCH3 is 1. The van der Waals surface area contributed by atoms with Crippen LogP contribution in [0.25, 0.3) is 0 Å². The molecule has 1 fully saturated rings. The van der Waals surface area contributed by atoms with Crippen molar-refractivity contribution in [3.05, 3.63) is 41.2 Å². The molecule has 7 heteroatoms. The highest BCUT2D eigenvalue weighted by molar-refractivity contribution is 6.32. The van der Waals surface area contributed by atoms with Gasteiger partial charge in [0.2, 0.25) is 5.95 Å². The van der Waals surface area contributed by atoms with Gasteiger partial charge >= 0.3 is 0 Å². The average Bonchev–Trinajstić information content (AvgIpc) is 2.61. The standard InChI is InChI=1S/C17H22ClN5O/c1-22-6-8-23(9-7-22)17-20-11-13(12-21-17)10-19-15-5-3-4-14(18)16(15)24-2/h3-5,11-12,19H,6-10H2,1-2H3. The van der Waals surface area contributed by atoms with Gasteiger partial charge in [0.25, 0.3) is 0 Å². The Bertz CT molecular complexity index is 671. The maximum Gasteiger partial charge on any atom is 0.225 e. The van der Waals surface area contributed by atoms with Crippen molar-refractivity contribution < 1.29 is 4.74 Å². The first-order chi connectivity index (χ1) is 11.7. The van der Waals surface area contributed by atoms with Crippen molar-refractivity contribution in [3.8, 4) is 5.75 Å². The third-order valence-electron chi connectivity index (χ3n) is 4.13. The van der Waals surface area contributed by atoms with Gasteiger partial charge in [-0.15, -0.1) is 0 Å². The lowest BCUT2D eigenvalue weighted by Gasteiger charge is -2.32. The first-order valence-corrected chi connectivity index (χ1v) is 8.36. The monoisotopic (exact) mass is 347 g/mol. The summed E-state index contributed by atoms with van der Waals surface area (Å²) >= 11 is 6.13. The number of para-hydroxylation sites is 1. The maximum atomic E-state index is 6.13. The average molecular weight is 348 g/mol. The van der Waals surface area contributed by atoms with Crippen LogP contribution in [0, 0.1) is 0 Å². The van der Waals surface area contributed by atoms with E-state index < -0.39 is 0 Å². The molecule has 1 aliphatic heterocycles. The summed E-state index contributed by atoms with van der Waals surface area (Å²) in [6.07, 6.45) is 3.73. The summed E-state index contributed by atoms with van der Waals surface area (Å²) in [5.74, 6) is 1.45. The summed E-state index contributed by atoms with van der Waals surface area (Å²) in [4.78, 5) is 13.5. The first kappa shape index (κ1) is 16.8. The third-order valence-corrected chi connectivity index (χ3v) is 4.43. The molecular weight excluding hydrogens is 326 g/mol. The van der Waals surface area contributed by atoms with E-state index in [1.54, 1.807) is 13.2 Å². The molecule has 1 aromatic carbocycles. The topological polar surface area (TPSA) is 53.5 Å². The molecule has 6 nitrogen and oxygen atoms in total. The van der Waals surface area contributed by atoms with Crippen molar-refractivity contribution in [2.45, 2.75) is 6.54 Å². The normalized spacial score (nSPS) is 15.4. The molecule has 1 saturated heterocycles. The molecule has 1 N–H and O–H groups in total. The molecule has 3 rings (SSSR count). The molecule has 0 amide bonds. The molecule has 0 bridgehead atoms. The van der Waals surface area contributed by atoms with Crippen LogP contribution in [0.1, 0.15) is 5.56 Å². The number of hydrogen-bond acceptors (Lipinski definition) is 6. The number of rotatable bonds is 5. The molecule has 2 aromatic rings. The highest BCUT2D eigenvalue weighted by Crippen LogP contribution is 2.32. The van der Waals surface area contributed by atoms with Crippen molar-refractivity contribution in [2.75, 3.05) is 50.6 Å². The fourth-order valence-corrected chi connectivity index (χ4v) is 2.91. The van der Waals surface area contributed by atoms with Crippen LogP contribution in [0.3, 0.4) is 0 Å². The number of anilines is 2. The number of nitrogens with one attached hydrogen (secondary N) is 1. The minimum Gasteiger partial charge on any atom is -0.493 e. The van der Waals surface area contributed by atoms with Gasteiger partial charge in [0.1, 0.15) is 0 Å². The quantitative estimate of drug-likeness (QED) is 0.897. The van der Waals surface area contributed by atoms with Crippen molar-refractivity contribution >= 4 is 23.2 Å². The summed E-state index contributed by atoms with van der Waals surface area (Å²) in [5, 5.41) is 3.90. The van der Waals surface area contributed by atoms with Gasteiger partial charge in [-0.1, -0.05) is 17.7 Å². The Hall–Kier alpha value is -2.05. The second-order valence-electron chi connectivity index (χ2n) is 5.86. The van der Waals surface area contributed by atoms with Gasteiger partial charge in [-0.05, 0) is 19.2 Å². The van der Waals surface area contributed by atoms with Crippen LogP contribution in [-0.4, -0.2) is 55.2 Å². The van der Waals surface area contributed by atoms with Crippen LogP contribution in [0.15, 0.2) is 30.6 Å². The number of hydrogen-bond donors (Lipinski definition) is 1. The molecule has 128 valence electrons. The Balaban J connectivity index is 1.62. The molecule has 0 saturated carbocycles. The van der Waals surface area contributed by atoms with Gasteiger partial charge in [0.15, 0.2) is 5.75 Å². The van der Waals surface area contributed by atoms with Gasteiger partial charge in [-0.3, -0.25) is 0 Å². The zero-order valence-corrected chi connectivity index (χ0v) is 14.8. The molecule has 0 aliphatic carbocycles. The number of nitrogens with zero attached hydrogens (tertiary/aromatic N) is 4. The lowest BCUT2D eigenvalue weighted by Crippen LogP contribution is -2.45. The molecule has 0 spiro atoms. The number of piperazine rings is 1. The van der Waals surface area contributed by atoms with Crippen LogP contribution in [0.2, 0.25) is 5.02 Å². The minimum absolute atomic E-state index is 0.587. The van der Waals surface area contributed by atoms with Gasteiger partial charge in [0.05, 0.1) is 17.8 Å². The van der Waals surface area contributed by atoms with E-state index >= 15 is 0 Å². The Morgan fingerprint density at radius 2 is 1.88 bits per heavy atom. The third kappa shape index (κ3) is 3.88. The summed E-state index contributed by atoms with van der Waals surface area (Å²) in [6, 6.07) is 5.63. The molecule has 0 atom stereocenters. The zero-order chi connectivity index (χ0) is 16.9. The van der Waals surface area contributed by atoms with E-state index in [1.165, 1.54) is 0 Å². The number of likely N-dealkylation sites (N-methyl/N-ethyl adjacent to an activating group) is 1. The predicted octanol–water partition coefficient (Wildman–Crippen LogP) is 2.50. The second kappa shape index (κ2) is 7.68. The largest absolute Gasteiger partial charge is 0.493 e. The Kier molecular flexibility index (Phi) is 5.37. The maximum absolute atomic E-state index is 6.13. The van der Waals surface area contributed by atoms with E-state index in [-0.39, 0.29) is 0 Å². The number of benzene rings is 1. The van der Waals surface area contributed by atoms with E-state index in [9.17, 15) is 0 Å². The fraction of sp³-hybridized carbons (Fsp3) is 0.412. The van der Waals surface area contributed by atoms with E-state index in [0.717, 1.165) is 43.4 Å². The van der Waals surface area contributed by atoms with Crippen molar-refractivity contribution in [1.29, 1.82) is 0 Å². The number of aromatic nitrogens is 2. The van der Waals surface area contributed by atoms with E-state index in [4.69, 9.17) is 16.3 Å². The smallest absolute Gasteiger partial charge is 0.225 e. The summed E-state index contributed by atoms with van der Waals surface area (Å²) in [5.41, 5.74) is 1.86. The molecule has 2 heterocycles. The van der Waals surface area contributed by atoms with Gasteiger partial charge in [-0.2, -0.15) is 0 Å². The predicted molar refractivity (Wildman–Crippen MR) is 97.1 cm³/mol. The fourth-order valence-electron chi connectivity index (χ4n) is 2.66. The molecule has 0 unspecified atom stereocenters. The molecule has 1 aromatic heterocycles. The Labute approximate surface area is 147 Å². The lowest BCUT2D eigenvalue weighted by atomic mass is 10.2. The molecule has 0 radical (unpaired) electrons. The van der Waals surface area contributed by atoms with E-state index in [2.05, 4.69) is 32.1 Å². The van der Waals surface area contributed by atoms with Crippen LogP contribution in [-0.2, 0) is 6.54 Å². The number of halogens is 1. The van der Waals surface area contributed by atoms with Crippen molar-refractivity contribution in [1.82, 2.24) is 14.9 Å². The highest BCUT2D eigenvalue weighted by atomic mass is 35.5. The van der Waals surface area contributed by atoms with Gasteiger partial charge in [-0.25, -0.2) is 9.97 Å². The summed E-state index contributed by atoms with van der Waals surface area (Å²) in [7, 11) is 3.75. The first-order valence-electron chi connectivity index (χ1n) is 7.98. The highest BCUT2D eigenvalue weighted by Gasteiger charge is 2.16. The Morgan fingerprint density at radius 3 is 2.54 bits per heavy atom. The summed E-state index contributed by atoms with van der Waals surface area (Å²) < 4.78 is 5.34. The van der Waals surface area contributed by atoms with E-state index in [1.807, 2.05) is 24.5 Å². The molecule has 1 aliphatic rings. The van der Waals surface area contributed by atoms with Crippen LogP contribution < -0.4 is 15.0 Å². The lowest BCUT2D eigenvalue weighted by molar-refractivity contribution is 0.311. The van der Waals surface area contributed by atoms with Crippen LogP contribution in [0.5, 0.6) is 5.75 Å². The van der Waals surface area contributed by atoms with Gasteiger partial charge < -0.3 is 19.9 Å². The molecule has 24 heavy (non-hydrogen) atoms. The zero-order valence-electron chi connectivity index (χ0n) is 14.0. The minimum atomic E-state index is 0.587. The van der Waals surface area contributed by atoms with Crippen LogP contribution >= 0.6 is 11.6 Å². The van der Waals surface area contributed by atoms with Gasteiger partial charge in [0, 0.05) is 50.7 Å². The van der Waals surface area contributed by atoms with Crippen molar-refractivity contribution in [3.63, 3.8) is 0 Å².